The SMILES string of the molecule is COC(=O)c1c(C#N)c(OC)cc(O)c1CSC[C@@H](CN1CCCCC1)Nc1nc(-c2ccc([N+](=O)[O-])cc2)cs1. The van der Waals surface area contributed by atoms with Crippen LogP contribution in [0.2, 0.25) is 0 Å². The van der Waals surface area contributed by atoms with Crippen molar-refractivity contribution in [3.63, 3.8) is 0 Å². The summed E-state index contributed by atoms with van der Waals surface area (Å²) < 4.78 is 10.1. The lowest BCUT2D eigenvalue weighted by Gasteiger charge is -2.30. The maximum atomic E-state index is 12.6. The average molecular weight is 598 g/mol. The lowest BCUT2D eigenvalue weighted by molar-refractivity contribution is -0.384. The summed E-state index contributed by atoms with van der Waals surface area (Å²) in [5.74, 6) is 0.171. The van der Waals surface area contributed by atoms with E-state index in [1.807, 2.05) is 11.4 Å². The summed E-state index contributed by atoms with van der Waals surface area (Å²) in [4.78, 5) is 30.3. The van der Waals surface area contributed by atoms with Crippen molar-refractivity contribution in [2.24, 2.45) is 0 Å². The molecule has 0 amide bonds. The molecule has 1 saturated heterocycles. The molecule has 0 spiro atoms. The first kappa shape index (κ1) is 30.1. The van der Waals surface area contributed by atoms with Gasteiger partial charge in [0.25, 0.3) is 5.69 Å². The van der Waals surface area contributed by atoms with Gasteiger partial charge >= 0.3 is 5.97 Å². The van der Waals surface area contributed by atoms with Gasteiger partial charge < -0.3 is 24.8 Å². The van der Waals surface area contributed by atoms with Crippen LogP contribution >= 0.6 is 23.1 Å². The summed E-state index contributed by atoms with van der Waals surface area (Å²) in [7, 11) is 2.60. The number of hydrogen-bond donors (Lipinski definition) is 2. The van der Waals surface area contributed by atoms with Crippen molar-refractivity contribution in [1.82, 2.24) is 9.88 Å². The van der Waals surface area contributed by atoms with Gasteiger partial charge in [0, 0.05) is 52.8 Å². The highest BCUT2D eigenvalue weighted by molar-refractivity contribution is 7.98. The van der Waals surface area contributed by atoms with Crippen LogP contribution in [0, 0.1) is 21.4 Å². The number of esters is 1. The highest BCUT2D eigenvalue weighted by Gasteiger charge is 2.25. The van der Waals surface area contributed by atoms with Gasteiger partial charge in [-0.2, -0.15) is 17.0 Å². The molecule has 41 heavy (non-hydrogen) atoms. The number of benzene rings is 2. The van der Waals surface area contributed by atoms with Crippen molar-refractivity contribution >= 4 is 39.9 Å². The highest BCUT2D eigenvalue weighted by Crippen LogP contribution is 2.36. The van der Waals surface area contributed by atoms with Crippen molar-refractivity contribution < 1.29 is 24.3 Å². The Kier molecular flexibility index (Phi) is 10.4. The number of piperidine rings is 1. The number of anilines is 1. The van der Waals surface area contributed by atoms with Crippen LogP contribution in [0.1, 0.15) is 40.7 Å². The Hall–Kier alpha value is -3.86. The maximum absolute atomic E-state index is 12.6. The molecule has 1 aliphatic rings. The van der Waals surface area contributed by atoms with Crippen molar-refractivity contribution in [2.75, 3.05) is 44.9 Å². The molecule has 11 nitrogen and oxygen atoms in total. The number of aromatic nitrogens is 1. The van der Waals surface area contributed by atoms with E-state index < -0.39 is 10.9 Å². The number of phenolic OH excluding ortho intramolecular Hbond substituents is 1. The van der Waals surface area contributed by atoms with Crippen LogP contribution in [0.5, 0.6) is 11.5 Å². The Labute approximate surface area is 246 Å². The smallest absolute Gasteiger partial charge is 0.339 e. The molecule has 4 rings (SSSR count). The van der Waals surface area contributed by atoms with Crippen LogP contribution in [0.25, 0.3) is 11.3 Å². The molecular weight excluding hydrogens is 566 g/mol. The largest absolute Gasteiger partial charge is 0.507 e. The third-order valence-electron chi connectivity index (χ3n) is 6.79. The van der Waals surface area contributed by atoms with Crippen LogP contribution in [0.4, 0.5) is 10.8 Å². The third-order valence-corrected chi connectivity index (χ3v) is 8.70. The van der Waals surface area contributed by atoms with E-state index in [0.717, 1.165) is 48.9 Å². The second kappa shape index (κ2) is 14.2. The number of likely N-dealkylation sites (tertiary alicyclic amines) is 1. The fourth-order valence-corrected chi connectivity index (χ4v) is 6.61. The topological polar surface area (TPSA) is 151 Å². The van der Waals surface area contributed by atoms with Gasteiger partial charge in [0.1, 0.15) is 23.1 Å². The van der Waals surface area contributed by atoms with Crippen LogP contribution < -0.4 is 10.1 Å². The molecular formula is C28H31N5O6S2. The number of methoxy groups -OCH3 is 2. The normalized spacial score (nSPS) is 14.2. The van der Waals surface area contributed by atoms with Crippen molar-refractivity contribution in [1.29, 1.82) is 5.26 Å². The number of rotatable bonds is 12. The van der Waals surface area contributed by atoms with Crippen molar-refractivity contribution in [3.05, 3.63) is 62.5 Å². The van der Waals surface area contributed by atoms with E-state index in [9.17, 15) is 25.3 Å². The Balaban J connectivity index is 1.51. The molecule has 1 aromatic heterocycles. The summed E-state index contributed by atoms with van der Waals surface area (Å²) in [6.07, 6.45) is 3.53. The summed E-state index contributed by atoms with van der Waals surface area (Å²) in [5, 5.41) is 37.6. The van der Waals surface area contributed by atoms with Gasteiger partial charge in [-0.3, -0.25) is 10.1 Å². The number of carbonyl (C=O) groups excluding carboxylic acids is 1. The van der Waals surface area contributed by atoms with E-state index in [1.54, 1.807) is 12.1 Å². The number of nitro benzene ring substituents is 1. The number of aromatic hydroxyl groups is 1. The summed E-state index contributed by atoms with van der Waals surface area (Å²) in [5.41, 5.74) is 1.91. The number of nitriles is 1. The Morgan fingerprint density at radius 2 is 2.02 bits per heavy atom. The second-order valence-electron chi connectivity index (χ2n) is 9.49. The number of thiazole rings is 1. The lowest BCUT2D eigenvalue weighted by Crippen LogP contribution is -2.40. The molecule has 2 heterocycles. The quantitative estimate of drug-likeness (QED) is 0.159. The van der Waals surface area contributed by atoms with Gasteiger partial charge in [0.15, 0.2) is 5.13 Å². The minimum Gasteiger partial charge on any atom is -0.507 e. The summed E-state index contributed by atoms with van der Waals surface area (Å²) >= 11 is 2.99. The van der Waals surface area contributed by atoms with Gasteiger partial charge in [-0.05, 0) is 38.1 Å². The first-order chi connectivity index (χ1) is 19.8. The van der Waals surface area contributed by atoms with Crippen molar-refractivity contribution in [2.45, 2.75) is 31.1 Å². The van der Waals surface area contributed by atoms with E-state index in [2.05, 4.69) is 10.2 Å². The molecule has 13 heteroatoms. The van der Waals surface area contributed by atoms with Gasteiger partial charge in [-0.1, -0.05) is 6.42 Å². The number of hydrogen-bond acceptors (Lipinski definition) is 12. The van der Waals surface area contributed by atoms with Crippen LogP contribution in [0.3, 0.4) is 0 Å². The van der Waals surface area contributed by atoms with Crippen LogP contribution in [0.15, 0.2) is 35.7 Å². The number of phenols is 1. The second-order valence-corrected chi connectivity index (χ2v) is 11.4. The molecule has 1 aliphatic heterocycles. The predicted octanol–water partition coefficient (Wildman–Crippen LogP) is 5.29. The molecule has 2 N–H and O–H groups in total. The highest BCUT2D eigenvalue weighted by atomic mass is 32.2. The zero-order valence-corrected chi connectivity index (χ0v) is 24.4. The monoisotopic (exact) mass is 597 g/mol. The third kappa shape index (κ3) is 7.46. The number of ether oxygens (including phenoxy) is 2. The van der Waals surface area contributed by atoms with E-state index in [-0.39, 0.29) is 40.1 Å². The molecule has 216 valence electrons. The van der Waals surface area contributed by atoms with Gasteiger partial charge in [0.05, 0.1) is 36.4 Å². The molecule has 0 aliphatic carbocycles. The molecule has 2 aromatic carbocycles. The number of nitrogens with zero attached hydrogens (tertiary/aromatic N) is 4. The van der Waals surface area contributed by atoms with Crippen molar-refractivity contribution in [3.8, 4) is 28.8 Å². The molecule has 3 aromatic rings. The fraction of sp³-hybridized carbons (Fsp3) is 0.393. The molecule has 1 atom stereocenters. The fourth-order valence-electron chi connectivity index (χ4n) is 4.73. The van der Waals surface area contributed by atoms with Crippen LogP contribution in [-0.4, -0.2) is 71.5 Å². The number of non-ortho nitro benzene ring substituents is 1. The minimum absolute atomic E-state index is 0.00589. The maximum Gasteiger partial charge on any atom is 0.339 e. The van der Waals surface area contributed by atoms with Gasteiger partial charge in [-0.15, -0.1) is 11.3 Å². The molecule has 0 unspecified atom stereocenters. The zero-order chi connectivity index (χ0) is 29.4. The number of nitrogens with one attached hydrogen (secondary N) is 1. The molecule has 1 fully saturated rings. The van der Waals surface area contributed by atoms with Gasteiger partial charge in [0.2, 0.25) is 0 Å². The Morgan fingerprint density at radius 1 is 1.29 bits per heavy atom. The Bertz CT molecular complexity index is 1420. The first-order valence-electron chi connectivity index (χ1n) is 13.0. The first-order valence-corrected chi connectivity index (χ1v) is 15.1. The standard InChI is InChI=1S/C28H31N5O6S2/c1-38-25-12-24(34)22(26(21(25)13-29)27(35)39-2)16-40-15-19(14-32-10-4-3-5-11-32)30-28-31-23(17-41-28)18-6-8-20(9-7-18)33(36)37/h6-9,12,17,19,34H,3-5,10-11,14-16H2,1-2H3,(H,30,31)/t19-/m1/s1. The number of nitro groups is 1. The molecule has 0 radical (unpaired) electrons. The van der Waals surface area contributed by atoms with E-state index in [0.29, 0.717) is 11.3 Å². The minimum atomic E-state index is -0.712. The molecule has 0 bridgehead atoms. The zero-order valence-electron chi connectivity index (χ0n) is 22.8. The summed E-state index contributed by atoms with van der Waals surface area (Å²) in [6, 6.07) is 9.66. The molecule has 0 saturated carbocycles. The predicted molar refractivity (Wildman–Crippen MR) is 159 cm³/mol. The van der Waals surface area contributed by atoms with Gasteiger partial charge in [-0.25, -0.2) is 9.78 Å². The number of thioether (sulfide) groups is 1. The lowest BCUT2D eigenvalue weighted by atomic mass is 10.0. The van der Waals surface area contributed by atoms with Crippen LogP contribution in [-0.2, 0) is 10.5 Å². The summed E-state index contributed by atoms with van der Waals surface area (Å²) in [6.45, 7) is 2.83. The number of carbonyl (C=O) groups is 1. The average Bonchev–Trinajstić information content (AvgIpc) is 3.46. The van der Waals surface area contributed by atoms with E-state index >= 15 is 0 Å². The van der Waals surface area contributed by atoms with E-state index in [1.165, 1.54) is 61.9 Å². The Morgan fingerprint density at radius 3 is 2.66 bits per heavy atom. The van der Waals surface area contributed by atoms with E-state index in [4.69, 9.17) is 14.5 Å².